The Labute approximate surface area is 104 Å². The minimum Gasteiger partial charge on any atom is -0.339 e. The maximum atomic E-state index is 6.00. The van der Waals surface area contributed by atoms with Crippen LogP contribution >= 0.6 is 23.2 Å². The van der Waals surface area contributed by atoms with Gasteiger partial charge in [-0.25, -0.2) is 4.98 Å². The van der Waals surface area contributed by atoms with Crippen LogP contribution in [0.3, 0.4) is 0 Å². The molecule has 0 saturated heterocycles. The van der Waals surface area contributed by atoms with E-state index in [2.05, 4.69) is 15.3 Å². The molecule has 0 bridgehead atoms. The molecule has 1 aromatic carbocycles. The second-order valence-corrected chi connectivity index (χ2v) is 4.19. The molecule has 2 rings (SSSR count). The Morgan fingerprint density at radius 2 is 1.94 bits per heavy atom. The first kappa shape index (κ1) is 11.5. The third kappa shape index (κ3) is 2.38. The van der Waals surface area contributed by atoms with Crippen molar-refractivity contribution in [3.63, 3.8) is 0 Å². The molecule has 0 spiro atoms. The fourth-order valence-corrected chi connectivity index (χ4v) is 1.75. The number of nitrogens with one attached hydrogen (secondary N) is 2. The molecule has 1 heterocycles. The molecule has 0 unspecified atom stereocenters. The van der Waals surface area contributed by atoms with Gasteiger partial charge in [0.2, 0.25) is 0 Å². The molecule has 2 aromatic rings. The normalized spacial score (nSPS) is 10.7. The third-order valence-corrected chi connectivity index (χ3v) is 2.76. The lowest BCUT2D eigenvalue weighted by Crippen LogP contribution is -2.05. The van der Waals surface area contributed by atoms with E-state index in [-0.39, 0.29) is 0 Å². The highest BCUT2D eigenvalue weighted by Gasteiger charge is 2.08. The second-order valence-electron chi connectivity index (χ2n) is 3.39. The van der Waals surface area contributed by atoms with Crippen molar-refractivity contribution in [2.75, 3.05) is 7.05 Å². The van der Waals surface area contributed by atoms with Crippen LogP contribution in [-0.4, -0.2) is 17.0 Å². The summed E-state index contributed by atoms with van der Waals surface area (Å²) in [6.07, 6.45) is 0. The SMILES string of the molecule is CNCc1[nH]c(-c2ccc(Cl)cc2)nc1Cl. The van der Waals surface area contributed by atoms with Gasteiger partial charge < -0.3 is 10.3 Å². The fourth-order valence-electron chi connectivity index (χ4n) is 1.43. The minimum absolute atomic E-state index is 0.499. The number of imidazole rings is 1. The zero-order valence-electron chi connectivity index (χ0n) is 8.72. The standard InChI is InChI=1S/C11H11Cl2N3/c1-14-6-9-10(13)16-11(15-9)7-2-4-8(12)5-3-7/h2-5,14H,6H2,1H3,(H,15,16). The number of aromatic amines is 1. The molecule has 0 radical (unpaired) electrons. The van der Waals surface area contributed by atoms with Gasteiger partial charge in [-0.15, -0.1) is 0 Å². The van der Waals surface area contributed by atoms with Crippen molar-refractivity contribution in [3.8, 4) is 11.4 Å². The zero-order chi connectivity index (χ0) is 11.5. The van der Waals surface area contributed by atoms with E-state index >= 15 is 0 Å². The van der Waals surface area contributed by atoms with Crippen molar-refractivity contribution in [2.45, 2.75) is 6.54 Å². The van der Waals surface area contributed by atoms with Gasteiger partial charge in [0, 0.05) is 17.1 Å². The van der Waals surface area contributed by atoms with E-state index in [1.807, 2.05) is 31.3 Å². The first-order chi connectivity index (χ1) is 7.70. The molecule has 1 aromatic heterocycles. The van der Waals surface area contributed by atoms with Gasteiger partial charge in [0.1, 0.15) is 5.82 Å². The van der Waals surface area contributed by atoms with E-state index in [0.29, 0.717) is 16.7 Å². The van der Waals surface area contributed by atoms with Crippen LogP contribution in [0.2, 0.25) is 10.2 Å². The molecule has 0 aliphatic carbocycles. The van der Waals surface area contributed by atoms with E-state index in [0.717, 1.165) is 17.1 Å². The zero-order valence-corrected chi connectivity index (χ0v) is 10.2. The number of hydrogen-bond donors (Lipinski definition) is 2. The summed E-state index contributed by atoms with van der Waals surface area (Å²) in [5.74, 6) is 0.756. The molecule has 5 heteroatoms. The van der Waals surface area contributed by atoms with Crippen molar-refractivity contribution in [2.24, 2.45) is 0 Å². The first-order valence-electron chi connectivity index (χ1n) is 4.85. The molecule has 0 fully saturated rings. The summed E-state index contributed by atoms with van der Waals surface area (Å²) < 4.78 is 0. The van der Waals surface area contributed by atoms with Crippen molar-refractivity contribution >= 4 is 23.2 Å². The molecule has 16 heavy (non-hydrogen) atoms. The molecule has 0 aliphatic heterocycles. The van der Waals surface area contributed by atoms with Gasteiger partial charge in [0.25, 0.3) is 0 Å². The van der Waals surface area contributed by atoms with E-state index in [1.54, 1.807) is 0 Å². The average molecular weight is 256 g/mol. The molecule has 84 valence electrons. The highest BCUT2D eigenvalue weighted by molar-refractivity contribution is 6.30. The molecule has 0 atom stereocenters. The summed E-state index contributed by atoms with van der Waals surface area (Å²) in [6, 6.07) is 7.46. The number of rotatable bonds is 3. The summed E-state index contributed by atoms with van der Waals surface area (Å²) in [5.41, 5.74) is 1.85. The summed E-state index contributed by atoms with van der Waals surface area (Å²) >= 11 is 11.8. The lowest BCUT2D eigenvalue weighted by molar-refractivity contribution is 0.798. The average Bonchev–Trinajstić information content (AvgIpc) is 2.62. The lowest BCUT2D eigenvalue weighted by atomic mass is 10.2. The second kappa shape index (κ2) is 4.87. The summed E-state index contributed by atoms with van der Waals surface area (Å²) in [4.78, 5) is 7.43. The van der Waals surface area contributed by atoms with Crippen molar-refractivity contribution < 1.29 is 0 Å². The monoisotopic (exact) mass is 255 g/mol. The Hall–Kier alpha value is -1.03. The van der Waals surface area contributed by atoms with Crippen LogP contribution in [0.25, 0.3) is 11.4 Å². The highest BCUT2D eigenvalue weighted by atomic mass is 35.5. The number of aromatic nitrogens is 2. The minimum atomic E-state index is 0.499. The Balaban J connectivity index is 2.33. The van der Waals surface area contributed by atoms with Crippen LogP contribution in [0.1, 0.15) is 5.69 Å². The lowest BCUT2D eigenvalue weighted by Gasteiger charge is -1.97. The Kier molecular flexibility index (Phi) is 3.49. The van der Waals surface area contributed by atoms with Crippen molar-refractivity contribution in [1.29, 1.82) is 0 Å². The topological polar surface area (TPSA) is 40.7 Å². The first-order valence-corrected chi connectivity index (χ1v) is 5.61. The molecule has 2 N–H and O–H groups in total. The maximum absolute atomic E-state index is 6.00. The summed E-state index contributed by atoms with van der Waals surface area (Å²) in [7, 11) is 1.86. The van der Waals surface area contributed by atoms with Gasteiger partial charge in [-0.2, -0.15) is 0 Å². The number of nitrogens with zero attached hydrogens (tertiary/aromatic N) is 1. The number of H-pyrrole nitrogens is 1. The number of hydrogen-bond acceptors (Lipinski definition) is 2. The number of benzene rings is 1. The van der Waals surface area contributed by atoms with E-state index in [4.69, 9.17) is 23.2 Å². The molecular weight excluding hydrogens is 245 g/mol. The maximum Gasteiger partial charge on any atom is 0.152 e. The van der Waals surface area contributed by atoms with Gasteiger partial charge >= 0.3 is 0 Å². The molecule has 0 amide bonds. The summed E-state index contributed by atoms with van der Waals surface area (Å²) in [5, 5.41) is 4.23. The van der Waals surface area contributed by atoms with Crippen LogP contribution in [0.15, 0.2) is 24.3 Å². The van der Waals surface area contributed by atoms with Crippen LogP contribution in [0, 0.1) is 0 Å². The molecule has 0 aliphatic rings. The predicted molar refractivity (Wildman–Crippen MR) is 66.8 cm³/mol. The van der Waals surface area contributed by atoms with Crippen LogP contribution in [0.5, 0.6) is 0 Å². The third-order valence-electron chi connectivity index (χ3n) is 2.20. The Morgan fingerprint density at radius 1 is 1.25 bits per heavy atom. The van der Waals surface area contributed by atoms with Crippen molar-refractivity contribution in [3.05, 3.63) is 40.1 Å². The van der Waals surface area contributed by atoms with Crippen LogP contribution in [-0.2, 0) is 6.54 Å². The summed E-state index contributed by atoms with van der Waals surface area (Å²) in [6.45, 7) is 0.666. The van der Waals surface area contributed by atoms with Gasteiger partial charge in [0.15, 0.2) is 5.15 Å². The fraction of sp³-hybridized carbons (Fsp3) is 0.182. The van der Waals surface area contributed by atoms with Gasteiger partial charge in [-0.1, -0.05) is 23.2 Å². The highest BCUT2D eigenvalue weighted by Crippen LogP contribution is 2.22. The van der Waals surface area contributed by atoms with E-state index in [1.165, 1.54) is 0 Å². The largest absolute Gasteiger partial charge is 0.339 e. The van der Waals surface area contributed by atoms with E-state index < -0.39 is 0 Å². The van der Waals surface area contributed by atoms with E-state index in [9.17, 15) is 0 Å². The van der Waals surface area contributed by atoms with Crippen LogP contribution in [0.4, 0.5) is 0 Å². The smallest absolute Gasteiger partial charge is 0.152 e. The molecule has 3 nitrogen and oxygen atoms in total. The molecular formula is C11H11Cl2N3. The van der Waals surface area contributed by atoms with Crippen LogP contribution < -0.4 is 5.32 Å². The Morgan fingerprint density at radius 3 is 2.56 bits per heavy atom. The van der Waals surface area contributed by atoms with Gasteiger partial charge in [0.05, 0.1) is 5.69 Å². The van der Waals surface area contributed by atoms with Crippen molar-refractivity contribution in [1.82, 2.24) is 15.3 Å². The van der Waals surface area contributed by atoms with Gasteiger partial charge in [-0.3, -0.25) is 0 Å². The number of halogens is 2. The van der Waals surface area contributed by atoms with Gasteiger partial charge in [-0.05, 0) is 31.3 Å². The Bertz CT molecular complexity index is 476. The molecule has 0 saturated carbocycles. The predicted octanol–water partition coefficient (Wildman–Crippen LogP) is 3.10. The quantitative estimate of drug-likeness (QED) is 0.885.